The maximum atomic E-state index is 11.1. The number of para-hydroxylation sites is 1. The Labute approximate surface area is 83.6 Å². The van der Waals surface area contributed by atoms with Crippen molar-refractivity contribution in [2.24, 2.45) is 0 Å². The van der Waals surface area contributed by atoms with Gasteiger partial charge in [-0.3, -0.25) is 0 Å². The van der Waals surface area contributed by atoms with Crippen LogP contribution in [0.15, 0.2) is 24.3 Å². The third-order valence-electron chi connectivity index (χ3n) is 1.93. The molecule has 1 aromatic carbocycles. The smallest absolute Gasteiger partial charge is 0.346 e. The second-order valence-corrected chi connectivity index (χ2v) is 3.05. The van der Waals surface area contributed by atoms with Crippen LogP contribution in [0.2, 0.25) is 0 Å². The summed E-state index contributed by atoms with van der Waals surface area (Å²) >= 11 is 0. The first-order chi connectivity index (χ1) is 6.65. The largest absolute Gasteiger partial charge is 0.479 e. The quantitative estimate of drug-likeness (QED) is 0.690. The number of carbonyl (C=O) groups excluding carboxylic acids is 1. The Hall–Kier alpha value is -1.51. The molecule has 14 heavy (non-hydrogen) atoms. The first-order valence-corrected chi connectivity index (χ1v) is 4.45. The van der Waals surface area contributed by atoms with Gasteiger partial charge in [-0.05, 0) is 25.5 Å². The maximum Gasteiger partial charge on any atom is 0.346 e. The van der Waals surface area contributed by atoms with Crippen molar-refractivity contribution in [1.82, 2.24) is 0 Å². The van der Waals surface area contributed by atoms with Gasteiger partial charge in [0, 0.05) is 0 Å². The molecular weight excluding hydrogens is 180 g/mol. The van der Waals surface area contributed by atoms with Crippen LogP contribution in [0.3, 0.4) is 0 Å². The van der Waals surface area contributed by atoms with Crippen molar-refractivity contribution in [2.75, 3.05) is 7.11 Å². The summed E-state index contributed by atoms with van der Waals surface area (Å²) in [7, 11) is 1.35. The highest BCUT2D eigenvalue weighted by Crippen LogP contribution is 2.17. The molecule has 0 radical (unpaired) electrons. The summed E-state index contributed by atoms with van der Waals surface area (Å²) in [5.41, 5.74) is 1.00. The van der Waals surface area contributed by atoms with E-state index in [9.17, 15) is 4.79 Å². The normalized spacial score (nSPS) is 11.9. The lowest BCUT2D eigenvalue weighted by atomic mass is 10.2. The SMILES string of the molecule is COC(=O)[C@@H](C)Oc1ccccc1C. The third-order valence-corrected chi connectivity index (χ3v) is 1.93. The Morgan fingerprint density at radius 1 is 1.36 bits per heavy atom. The second kappa shape index (κ2) is 4.65. The van der Waals surface area contributed by atoms with Crippen LogP contribution in [0.25, 0.3) is 0 Å². The van der Waals surface area contributed by atoms with E-state index in [-0.39, 0.29) is 5.97 Å². The van der Waals surface area contributed by atoms with E-state index in [1.807, 2.05) is 31.2 Å². The number of hydrogen-bond acceptors (Lipinski definition) is 3. The lowest BCUT2D eigenvalue weighted by Crippen LogP contribution is -2.25. The average Bonchev–Trinajstić information content (AvgIpc) is 2.20. The Morgan fingerprint density at radius 2 is 2.00 bits per heavy atom. The molecule has 0 aliphatic heterocycles. The molecule has 0 heterocycles. The molecule has 0 aliphatic carbocycles. The molecule has 1 aromatic rings. The molecule has 0 spiro atoms. The van der Waals surface area contributed by atoms with E-state index < -0.39 is 6.10 Å². The summed E-state index contributed by atoms with van der Waals surface area (Å²) in [6.07, 6.45) is -0.568. The van der Waals surface area contributed by atoms with Crippen molar-refractivity contribution in [3.05, 3.63) is 29.8 Å². The summed E-state index contributed by atoms with van der Waals surface area (Å²) in [5, 5.41) is 0. The zero-order valence-electron chi connectivity index (χ0n) is 8.61. The fourth-order valence-corrected chi connectivity index (χ4v) is 1.09. The van der Waals surface area contributed by atoms with Crippen molar-refractivity contribution in [3.63, 3.8) is 0 Å². The van der Waals surface area contributed by atoms with Gasteiger partial charge in [0.25, 0.3) is 0 Å². The number of ether oxygens (including phenoxy) is 2. The molecule has 0 aromatic heterocycles. The van der Waals surface area contributed by atoms with Gasteiger partial charge < -0.3 is 9.47 Å². The van der Waals surface area contributed by atoms with E-state index in [0.29, 0.717) is 5.75 Å². The second-order valence-electron chi connectivity index (χ2n) is 3.05. The van der Waals surface area contributed by atoms with Gasteiger partial charge in [0.15, 0.2) is 6.10 Å². The predicted octanol–water partition coefficient (Wildman–Crippen LogP) is 1.94. The zero-order chi connectivity index (χ0) is 10.6. The van der Waals surface area contributed by atoms with Crippen LogP contribution in [0.4, 0.5) is 0 Å². The standard InChI is InChI=1S/C11H14O3/c1-8-6-4-5-7-10(8)14-9(2)11(12)13-3/h4-7,9H,1-3H3/t9-/m1/s1. The highest BCUT2D eigenvalue weighted by molar-refractivity contribution is 5.74. The van der Waals surface area contributed by atoms with Crippen molar-refractivity contribution < 1.29 is 14.3 Å². The van der Waals surface area contributed by atoms with E-state index in [1.165, 1.54) is 7.11 Å². The van der Waals surface area contributed by atoms with Crippen LogP contribution in [0, 0.1) is 6.92 Å². The van der Waals surface area contributed by atoms with E-state index in [2.05, 4.69) is 4.74 Å². The van der Waals surface area contributed by atoms with Gasteiger partial charge in [-0.2, -0.15) is 0 Å². The highest BCUT2D eigenvalue weighted by atomic mass is 16.6. The molecule has 0 unspecified atom stereocenters. The molecule has 3 nitrogen and oxygen atoms in total. The Balaban J connectivity index is 2.69. The third kappa shape index (κ3) is 2.49. The minimum Gasteiger partial charge on any atom is -0.479 e. The Kier molecular flexibility index (Phi) is 3.51. The number of carbonyl (C=O) groups is 1. The number of esters is 1. The molecule has 3 heteroatoms. The number of benzene rings is 1. The predicted molar refractivity (Wildman–Crippen MR) is 53.3 cm³/mol. The van der Waals surface area contributed by atoms with Gasteiger partial charge in [0.05, 0.1) is 7.11 Å². The van der Waals surface area contributed by atoms with Crippen LogP contribution in [0.5, 0.6) is 5.75 Å². The number of rotatable bonds is 3. The topological polar surface area (TPSA) is 35.5 Å². The number of aryl methyl sites for hydroxylation is 1. The molecule has 0 aliphatic rings. The molecule has 1 atom stereocenters. The summed E-state index contributed by atoms with van der Waals surface area (Å²) in [6, 6.07) is 7.55. The van der Waals surface area contributed by atoms with Gasteiger partial charge in [-0.15, -0.1) is 0 Å². The Bertz CT molecular complexity index is 320. The lowest BCUT2D eigenvalue weighted by Gasteiger charge is -2.13. The molecule has 0 N–H and O–H groups in total. The van der Waals surface area contributed by atoms with Crippen LogP contribution in [0.1, 0.15) is 12.5 Å². The Morgan fingerprint density at radius 3 is 2.57 bits per heavy atom. The van der Waals surface area contributed by atoms with E-state index in [1.54, 1.807) is 6.92 Å². The maximum absolute atomic E-state index is 11.1. The minimum atomic E-state index is -0.568. The summed E-state index contributed by atoms with van der Waals surface area (Å²) in [5.74, 6) is 0.346. The molecule has 0 saturated heterocycles. The highest BCUT2D eigenvalue weighted by Gasteiger charge is 2.15. The van der Waals surface area contributed by atoms with Gasteiger partial charge >= 0.3 is 5.97 Å². The summed E-state index contributed by atoms with van der Waals surface area (Å²) in [6.45, 7) is 3.59. The molecule has 76 valence electrons. The van der Waals surface area contributed by atoms with Crippen molar-refractivity contribution in [1.29, 1.82) is 0 Å². The van der Waals surface area contributed by atoms with Gasteiger partial charge in [0.2, 0.25) is 0 Å². The fourth-order valence-electron chi connectivity index (χ4n) is 1.09. The van der Waals surface area contributed by atoms with Crippen molar-refractivity contribution in [2.45, 2.75) is 20.0 Å². The van der Waals surface area contributed by atoms with Crippen LogP contribution < -0.4 is 4.74 Å². The van der Waals surface area contributed by atoms with Crippen molar-refractivity contribution in [3.8, 4) is 5.75 Å². The molecule has 1 rings (SSSR count). The van der Waals surface area contributed by atoms with E-state index >= 15 is 0 Å². The fraction of sp³-hybridized carbons (Fsp3) is 0.364. The summed E-state index contributed by atoms with van der Waals surface area (Å²) < 4.78 is 9.98. The van der Waals surface area contributed by atoms with Crippen LogP contribution in [-0.2, 0) is 9.53 Å². The first-order valence-electron chi connectivity index (χ1n) is 4.45. The minimum absolute atomic E-state index is 0.367. The number of methoxy groups -OCH3 is 1. The lowest BCUT2D eigenvalue weighted by molar-refractivity contribution is -0.147. The van der Waals surface area contributed by atoms with Gasteiger partial charge in [-0.25, -0.2) is 4.79 Å². The monoisotopic (exact) mass is 194 g/mol. The summed E-state index contributed by atoms with van der Waals surface area (Å²) in [4.78, 5) is 11.1. The van der Waals surface area contributed by atoms with Crippen LogP contribution in [-0.4, -0.2) is 19.2 Å². The van der Waals surface area contributed by atoms with E-state index in [0.717, 1.165) is 5.56 Å². The van der Waals surface area contributed by atoms with Crippen LogP contribution >= 0.6 is 0 Å². The van der Waals surface area contributed by atoms with Gasteiger partial charge in [0.1, 0.15) is 5.75 Å². The van der Waals surface area contributed by atoms with E-state index in [4.69, 9.17) is 4.74 Å². The molecule has 0 bridgehead atoms. The molecule has 0 amide bonds. The zero-order valence-corrected chi connectivity index (χ0v) is 8.61. The number of hydrogen-bond donors (Lipinski definition) is 0. The first kappa shape index (κ1) is 10.6. The molecule has 0 saturated carbocycles. The molecule has 0 fully saturated rings. The molecular formula is C11H14O3. The van der Waals surface area contributed by atoms with Gasteiger partial charge in [-0.1, -0.05) is 18.2 Å². The average molecular weight is 194 g/mol. The van der Waals surface area contributed by atoms with Crippen molar-refractivity contribution >= 4 is 5.97 Å².